The Morgan fingerprint density at radius 1 is 1.37 bits per heavy atom. The second kappa shape index (κ2) is 6.14. The van der Waals surface area contributed by atoms with Gasteiger partial charge in [0.15, 0.2) is 6.10 Å². The molecule has 0 heterocycles. The predicted molar refractivity (Wildman–Crippen MR) is 79.8 cm³/mol. The first-order chi connectivity index (χ1) is 8.60. The molecule has 0 N–H and O–H groups in total. The third-order valence-electron chi connectivity index (χ3n) is 2.23. The quantitative estimate of drug-likeness (QED) is 0.753. The topological polar surface area (TPSA) is 35.5 Å². The molecule has 1 unspecified atom stereocenters. The fourth-order valence-electron chi connectivity index (χ4n) is 1.45. The Labute approximate surface area is 127 Å². The van der Waals surface area contributed by atoms with E-state index in [1.54, 1.807) is 13.0 Å². The van der Waals surface area contributed by atoms with Crippen molar-refractivity contribution in [3.63, 3.8) is 0 Å². The summed E-state index contributed by atoms with van der Waals surface area (Å²) >= 11 is 9.46. The van der Waals surface area contributed by atoms with Crippen molar-refractivity contribution < 1.29 is 14.3 Å². The van der Waals surface area contributed by atoms with Gasteiger partial charge in [-0.2, -0.15) is 0 Å². The van der Waals surface area contributed by atoms with Gasteiger partial charge in [0.2, 0.25) is 0 Å². The van der Waals surface area contributed by atoms with E-state index in [2.05, 4.69) is 15.9 Å². The number of rotatable bonds is 3. The highest BCUT2D eigenvalue weighted by atomic mass is 79.9. The van der Waals surface area contributed by atoms with Crippen molar-refractivity contribution in [2.75, 3.05) is 0 Å². The van der Waals surface area contributed by atoms with Crippen LogP contribution in [-0.2, 0) is 9.53 Å². The summed E-state index contributed by atoms with van der Waals surface area (Å²) < 4.78 is 11.7. The van der Waals surface area contributed by atoms with Gasteiger partial charge >= 0.3 is 5.97 Å². The molecule has 0 bridgehead atoms. The summed E-state index contributed by atoms with van der Waals surface area (Å²) in [6, 6.07) is 3.61. The van der Waals surface area contributed by atoms with Crippen LogP contribution in [0.4, 0.5) is 0 Å². The molecule has 106 valence electrons. The van der Waals surface area contributed by atoms with E-state index >= 15 is 0 Å². The van der Waals surface area contributed by atoms with E-state index < -0.39 is 17.7 Å². The molecule has 1 rings (SSSR count). The Morgan fingerprint density at radius 3 is 2.42 bits per heavy atom. The molecule has 1 aromatic rings. The van der Waals surface area contributed by atoms with Crippen LogP contribution in [0.5, 0.6) is 5.75 Å². The van der Waals surface area contributed by atoms with Crippen molar-refractivity contribution in [2.24, 2.45) is 0 Å². The van der Waals surface area contributed by atoms with Crippen LogP contribution in [-0.4, -0.2) is 17.7 Å². The van der Waals surface area contributed by atoms with Crippen LogP contribution >= 0.6 is 27.5 Å². The van der Waals surface area contributed by atoms with Gasteiger partial charge in [0.05, 0.1) is 5.02 Å². The summed E-state index contributed by atoms with van der Waals surface area (Å²) in [7, 11) is 0. The molecule has 0 amide bonds. The molecule has 5 heteroatoms. The lowest BCUT2D eigenvalue weighted by Crippen LogP contribution is -2.33. The van der Waals surface area contributed by atoms with E-state index in [1.807, 2.05) is 33.8 Å². The fraction of sp³-hybridized carbons (Fsp3) is 0.500. The third-order valence-corrected chi connectivity index (χ3v) is 2.97. The molecule has 0 aromatic heterocycles. The van der Waals surface area contributed by atoms with Gasteiger partial charge in [-0.15, -0.1) is 0 Å². The average molecular weight is 350 g/mol. The molecule has 0 radical (unpaired) electrons. The highest BCUT2D eigenvalue weighted by Crippen LogP contribution is 2.32. The number of ether oxygens (including phenoxy) is 2. The maximum absolute atomic E-state index is 11.9. The first kappa shape index (κ1) is 16.3. The van der Waals surface area contributed by atoms with Gasteiger partial charge in [-0.25, -0.2) is 4.79 Å². The van der Waals surface area contributed by atoms with Crippen LogP contribution < -0.4 is 4.74 Å². The fourth-order valence-corrected chi connectivity index (χ4v) is 2.46. The number of carbonyl (C=O) groups excluding carboxylic acids is 1. The predicted octanol–water partition coefficient (Wildman–Crippen LogP) is 4.52. The van der Waals surface area contributed by atoms with Crippen LogP contribution in [0.1, 0.15) is 33.3 Å². The second-order valence-electron chi connectivity index (χ2n) is 5.33. The normalized spacial score (nSPS) is 13.0. The molecule has 0 aliphatic heterocycles. The number of hydrogen-bond donors (Lipinski definition) is 0. The molecular formula is C14H18BrClO3. The Balaban J connectivity index is 2.83. The monoisotopic (exact) mass is 348 g/mol. The number of hydrogen-bond acceptors (Lipinski definition) is 3. The molecule has 0 saturated heterocycles. The molecule has 0 saturated carbocycles. The molecule has 1 atom stereocenters. The zero-order valence-electron chi connectivity index (χ0n) is 11.7. The van der Waals surface area contributed by atoms with Crippen molar-refractivity contribution in [1.82, 2.24) is 0 Å². The van der Waals surface area contributed by atoms with Crippen molar-refractivity contribution in [2.45, 2.75) is 46.3 Å². The van der Waals surface area contributed by atoms with Gasteiger partial charge in [0, 0.05) is 4.47 Å². The maximum Gasteiger partial charge on any atom is 0.347 e. The molecule has 0 aliphatic rings. The Morgan fingerprint density at radius 2 is 1.95 bits per heavy atom. The van der Waals surface area contributed by atoms with Gasteiger partial charge in [0.1, 0.15) is 11.4 Å². The molecule has 0 aliphatic carbocycles. The Bertz CT molecular complexity index is 457. The lowest BCUT2D eigenvalue weighted by molar-refractivity contribution is -0.162. The van der Waals surface area contributed by atoms with Crippen LogP contribution in [0.3, 0.4) is 0 Å². The summed E-state index contributed by atoms with van der Waals surface area (Å²) in [6.07, 6.45) is -0.711. The summed E-state index contributed by atoms with van der Waals surface area (Å²) in [5.74, 6) is 0.0918. The molecule has 3 nitrogen and oxygen atoms in total. The third kappa shape index (κ3) is 5.03. The van der Waals surface area contributed by atoms with Gasteiger partial charge in [-0.05, 0) is 52.3 Å². The van der Waals surface area contributed by atoms with E-state index in [0.29, 0.717) is 10.8 Å². The van der Waals surface area contributed by atoms with E-state index in [9.17, 15) is 4.79 Å². The Kier molecular flexibility index (Phi) is 5.27. The Hall–Kier alpha value is -0.740. The molecular weight excluding hydrogens is 332 g/mol. The highest BCUT2D eigenvalue weighted by Gasteiger charge is 2.24. The largest absolute Gasteiger partial charge is 0.477 e. The van der Waals surface area contributed by atoms with Crippen molar-refractivity contribution in [3.05, 3.63) is 27.2 Å². The highest BCUT2D eigenvalue weighted by molar-refractivity contribution is 9.10. The van der Waals surface area contributed by atoms with E-state index in [-0.39, 0.29) is 0 Å². The zero-order valence-corrected chi connectivity index (χ0v) is 14.1. The van der Waals surface area contributed by atoms with E-state index in [1.165, 1.54) is 0 Å². The van der Waals surface area contributed by atoms with Gasteiger partial charge in [0.25, 0.3) is 0 Å². The molecule has 0 fully saturated rings. The number of esters is 1. The minimum atomic E-state index is -0.711. The summed E-state index contributed by atoms with van der Waals surface area (Å²) in [6.45, 7) is 8.96. The first-order valence-corrected chi connectivity index (χ1v) is 7.12. The minimum Gasteiger partial charge on any atom is -0.477 e. The van der Waals surface area contributed by atoms with Crippen LogP contribution in [0.25, 0.3) is 0 Å². The molecule has 19 heavy (non-hydrogen) atoms. The second-order valence-corrected chi connectivity index (χ2v) is 6.65. The van der Waals surface area contributed by atoms with Crippen molar-refractivity contribution in [1.29, 1.82) is 0 Å². The zero-order chi connectivity index (χ0) is 14.8. The minimum absolute atomic E-state index is 0.411. The van der Waals surface area contributed by atoms with Crippen LogP contribution in [0.15, 0.2) is 16.6 Å². The summed E-state index contributed by atoms with van der Waals surface area (Å²) in [5.41, 5.74) is 0.322. The lowest BCUT2D eigenvalue weighted by Gasteiger charge is -2.23. The first-order valence-electron chi connectivity index (χ1n) is 5.95. The lowest BCUT2D eigenvalue weighted by atomic mass is 10.2. The average Bonchev–Trinajstić information content (AvgIpc) is 2.20. The van der Waals surface area contributed by atoms with Crippen molar-refractivity contribution >= 4 is 33.5 Å². The maximum atomic E-state index is 11.9. The molecule has 1 aromatic carbocycles. The van der Waals surface area contributed by atoms with E-state index in [4.69, 9.17) is 21.1 Å². The molecule has 0 spiro atoms. The standard InChI is InChI=1S/C14H18BrClO3/c1-8-6-10(15)7-11(16)12(8)18-9(2)13(17)19-14(3,4)5/h6-7,9H,1-5H3. The smallest absolute Gasteiger partial charge is 0.347 e. The van der Waals surface area contributed by atoms with Gasteiger partial charge in [-0.1, -0.05) is 27.5 Å². The van der Waals surface area contributed by atoms with Gasteiger partial charge < -0.3 is 9.47 Å². The van der Waals surface area contributed by atoms with Crippen LogP contribution in [0, 0.1) is 6.92 Å². The summed E-state index contributed by atoms with van der Waals surface area (Å²) in [4.78, 5) is 11.9. The number of aryl methyl sites for hydroxylation is 1. The van der Waals surface area contributed by atoms with E-state index in [0.717, 1.165) is 10.0 Å². The van der Waals surface area contributed by atoms with Crippen LogP contribution in [0.2, 0.25) is 5.02 Å². The number of benzene rings is 1. The number of carbonyl (C=O) groups is 1. The number of halogens is 2. The van der Waals surface area contributed by atoms with Gasteiger partial charge in [-0.3, -0.25) is 0 Å². The van der Waals surface area contributed by atoms with Crippen molar-refractivity contribution in [3.8, 4) is 5.75 Å². The SMILES string of the molecule is Cc1cc(Br)cc(Cl)c1OC(C)C(=O)OC(C)(C)C. The summed E-state index contributed by atoms with van der Waals surface area (Å²) in [5, 5.41) is 0.460.